The second kappa shape index (κ2) is 9.43. The van der Waals surface area contributed by atoms with Crippen molar-refractivity contribution >= 4 is 0 Å². The van der Waals surface area contributed by atoms with Crippen LogP contribution in [0.4, 0.5) is 0 Å². The van der Waals surface area contributed by atoms with Gasteiger partial charge in [-0.05, 0) is 54.4 Å². The number of para-hydroxylation sites is 1. The number of rotatable bonds is 9. The molecule has 0 unspecified atom stereocenters. The molecule has 0 heterocycles. The van der Waals surface area contributed by atoms with Gasteiger partial charge < -0.3 is 14.2 Å². The molecule has 0 amide bonds. The summed E-state index contributed by atoms with van der Waals surface area (Å²) in [6.07, 6.45) is 0. The summed E-state index contributed by atoms with van der Waals surface area (Å²) in [4.78, 5) is 0. The molecule has 0 fully saturated rings. The summed E-state index contributed by atoms with van der Waals surface area (Å²) in [7, 11) is 0. The van der Waals surface area contributed by atoms with Gasteiger partial charge in [-0.25, -0.2) is 0 Å². The van der Waals surface area contributed by atoms with Gasteiger partial charge in [0, 0.05) is 5.41 Å². The van der Waals surface area contributed by atoms with E-state index in [1.165, 1.54) is 0 Å². The fourth-order valence-electron chi connectivity index (χ4n) is 2.91. The zero-order valence-corrected chi connectivity index (χ0v) is 16.8. The van der Waals surface area contributed by atoms with Gasteiger partial charge in [0.25, 0.3) is 0 Å². The Balaban J connectivity index is 1.59. The van der Waals surface area contributed by atoms with Gasteiger partial charge in [-0.2, -0.15) is 0 Å². The average molecular weight is 379 g/mol. The minimum Gasteiger partial charge on any atom is -0.494 e. The topological polar surface area (TPSA) is 27.7 Å². The van der Waals surface area contributed by atoms with E-state index in [-0.39, 0.29) is 5.41 Å². The van der Waals surface area contributed by atoms with Crippen LogP contribution in [0, 0.1) is 0 Å². The molecule has 28 heavy (non-hydrogen) atoms. The largest absolute Gasteiger partial charge is 0.494 e. The van der Waals surface area contributed by atoms with Crippen molar-refractivity contribution in [1.29, 1.82) is 0 Å². The third-order valence-electron chi connectivity index (χ3n) is 4.47. The van der Waals surface area contributed by atoms with Gasteiger partial charge in [0.1, 0.15) is 17.2 Å². The average Bonchev–Trinajstić information content (AvgIpc) is 2.70. The van der Waals surface area contributed by atoms with Crippen molar-refractivity contribution in [3.63, 3.8) is 0 Å². The van der Waals surface area contributed by atoms with E-state index in [0.717, 1.165) is 22.6 Å². The van der Waals surface area contributed by atoms with Crippen LogP contribution in [0.2, 0.25) is 0 Å². The van der Waals surface area contributed by atoms with Crippen molar-refractivity contribution in [2.45, 2.75) is 32.8 Å². The molecule has 146 valence electrons. The van der Waals surface area contributed by atoms with Gasteiger partial charge in [0.2, 0.25) is 0 Å². The van der Waals surface area contributed by atoms with Crippen LogP contribution in [-0.4, -0.2) is 13.2 Å². The van der Waals surface area contributed by atoms with E-state index in [4.69, 9.17) is 15.6 Å². The first kappa shape index (κ1) is 18.6. The highest BCUT2D eigenvalue weighted by Crippen LogP contribution is 2.27. The summed E-state index contributed by atoms with van der Waals surface area (Å²) in [5.74, 6) is 2.22. The molecule has 0 saturated carbocycles. The van der Waals surface area contributed by atoms with Crippen molar-refractivity contribution in [2.75, 3.05) is 13.2 Å². The minimum atomic E-state index is -0.210. The Kier molecular flexibility index (Phi) is 6.25. The van der Waals surface area contributed by atoms with Gasteiger partial charge >= 0.3 is 0 Å². The lowest BCUT2D eigenvalue weighted by molar-refractivity contribution is 0.0824. The molecule has 3 aromatic carbocycles. The van der Waals surface area contributed by atoms with E-state index in [2.05, 4.69) is 13.8 Å². The standard InChI is InChI=1S/C25H28O3/c1-4-27-22-15-13-21(14-16-22)25(2,3)19-26-18-20-9-8-12-24(17-20)28-23-10-6-5-7-11-23/h5-17H,4,18-19H2,1-3H3/i15T. The van der Waals surface area contributed by atoms with Crippen molar-refractivity contribution in [2.24, 2.45) is 0 Å². The predicted octanol–water partition coefficient (Wildman–Crippen LogP) is 6.37. The van der Waals surface area contributed by atoms with E-state index in [1.54, 1.807) is 0 Å². The Morgan fingerprint density at radius 1 is 0.857 bits per heavy atom. The first-order valence-electron chi connectivity index (χ1n) is 10.1. The summed E-state index contributed by atoms with van der Waals surface area (Å²) in [5.41, 5.74) is 1.91. The molecule has 3 rings (SSSR count). The summed E-state index contributed by atoms with van der Waals surface area (Å²) < 4.78 is 25.5. The molecule has 0 atom stereocenters. The van der Waals surface area contributed by atoms with Crippen molar-refractivity contribution in [1.82, 2.24) is 0 Å². The van der Waals surface area contributed by atoms with Gasteiger partial charge in [-0.15, -0.1) is 0 Å². The maximum absolute atomic E-state index is 8.14. The predicted molar refractivity (Wildman–Crippen MR) is 113 cm³/mol. The number of hydrogen-bond donors (Lipinski definition) is 0. The molecular weight excluding hydrogens is 348 g/mol. The molecule has 0 saturated heterocycles. The van der Waals surface area contributed by atoms with Crippen molar-refractivity contribution in [3.8, 4) is 17.2 Å². The maximum atomic E-state index is 8.14. The zero-order valence-electron chi connectivity index (χ0n) is 17.8. The number of ether oxygens (including phenoxy) is 3. The van der Waals surface area contributed by atoms with Crippen LogP contribution in [0.3, 0.4) is 0 Å². The lowest BCUT2D eigenvalue weighted by Gasteiger charge is -2.25. The lowest BCUT2D eigenvalue weighted by atomic mass is 9.85. The van der Waals surface area contributed by atoms with Crippen LogP contribution < -0.4 is 9.47 Å². The van der Waals surface area contributed by atoms with Crippen LogP contribution in [-0.2, 0) is 16.8 Å². The Labute approximate surface area is 169 Å². The summed E-state index contributed by atoms with van der Waals surface area (Å²) in [6.45, 7) is 7.77. The number of hydrogen-bond acceptors (Lipinski definition) is 3. The fourth-order valence-corrected chi connectivity index (χ4v) is 2.91. The monoisotopic (exact) mass is 378 g/mol. The molecule has 0 spiro atoms. The van der Waals surface area contributed by atoms with E-state index < -0.39 is 0 Å². The van der Waals surface area contributed by atoms with Crippen LogP contribution in [0.15, 0.2) is 78.8 Å². The molecular formula is C25H28O3. The molecule has 0 radical (unpaired) electrons. The highest BCUT2D eigenvalue weighted by atomic mass is 16.5. The first-order chi connectivity index (χ1) is 14.0. The quantitative estimate of drug-likeness (QED) is 0.433. The molecule has 0 aliphatic heterocycles. The molecule has 0 aromatic heterocycles. The van der Waals surface area contributed by atoms with Gasteiger partial charge in [-0.3, -0.25) is 0 Å². The Morgan fingerprint density at radius 3 is 2.39 bits per heavy atom. The summed E-state index contributed by atoms with van der Waals surface area (Å²) >= 11 is 0. The van der Waals surface area contributed by atoms with Gasteiger partial charge in [0.15, 0.2) is 0 Å². The van der Waals surface area contributed by atoms with Crippen molar-refractivity contribution < 1.29 is 15.6 Å². The maximum Gasteiger partial charge on any atom is 0.127 e. The normalized spacial score (nSPS) is 11.8. The van der Waals surface area contributed by atoms with Crippen LogP contribution in [0.1, 0.15) is 33.3 Å². The Morgan fingerprint density at radius 2 is 1.64 bits per heavy atom. The smallest absolute Gasteiger partial charge is 0.127 e. The fraction of sp³-hybridized carbons (Fsp3) is 0.280. The highest BCUT2D eigenvalue weighted by Gasteiger charge is 2.21. The van der Waals surface area contributed by atoms with E-state index in [9.17, 15) is 0 Å². The zero-order chi connectivity index (χ0) is 20.7. The Bertz CT molecular complexity index is 922. The molecule has 0 aliphatic rings. The molecule has 0 bridgehead atoms. The Hall–Kier alpha value is -2.78. The molecule has 3 nitrogen and oxygen atoms in total. The van der Waals surface area contributed by atoms with E-state index >= 15 is 0 Å². The van der Waals surface area contributed by atoms with Crippen LogP contribution in [0.25, 0.3) is 0 Å². The SMILES string of the molecule is [3H]c1cc(C(C)(C)COCc2cccc(Oc3ccccc3)c2)ccc1OCC. The van der Waals surface area contributed by atoms with Gasteiger partial charge in [0.05, 0.1) is 21.2 Å². The molecule has 0 N–H and O–H groups in total. The van der Waals surface area contributed by atoms with Crippen molar-refractivity contribution in [3.05, 3.63) is 90.0 Å². The molecule has 0 aliphatic carbocycles. The van der Waals surface area contributed by atoms with Gasteiger partial charge in [-0.1, -0.05) is 56.3 Å². The highest BCUT2D eigenvalue weighted by molar-refractivity contribution is 5.34. The second-order valence-electron chi connectivity index (χ2n) is 7.31. The first-order valence-corrected chi connectivity index (χ1v) is 9.61. The van der Waals surface area contributed by atoms with Crippen LogP contribution in [0.5, 0.6) is 17.2 Å². The number of benzene rings is 3. The summed E-state index contributed by atoms with van der Waals surface area (Å²) in [6, 6.07) is 23.8. The second-order valence-corrected chi connectivity index (χ2v) is 7.31. The lowest BCUT2D eigenvalue weighted by Crippen LogP contribution is -2.24. The molecule has 3 aromatic rings. The summed E-state index contributed by atoms with van der Waals surface area (Å²) in [5, 5.41) is 0. The third-order valence-corrected chi connectivity index (χ3v) is 4.47. The van der Waals surface area contributed by atoms with E-state index in [1.807, 2.05) is 79.7 Å². The van der Waals surface area contributed by atoms with E-state index in [0.29, 0.717) is 31.6 Å². The van der Waals surface area contributed by atoms with Crippen LogP contribution >= 0.6 is 0 Å². The minimum absolute atomic E-state index is 0.210. The molecule has 3 heteroatoms. The third kappa shape index (κ3) is 5.61.